The minimum Gasteiger partial charge on any atom is -0.486 e. The van der Waals surface area contributed by atoms with Crippen molar-refractivity contribution in [3.63, 3.8) is 0 Å². The molecule has 1 aliphatic heterocycles. The van der Waals surface area contributed by atoms with E-state index in [1.807, 2.05) is 12.1 Å². The average molecular weight is 296 g/mol. The third-order valence-electron chi connectivity index (χ3n) is 3.22. The van der Waals surface area contributed by atoms with Gasteiger partial charge in [-0.25, -0.2) is 0 Å². The Morgan fingerprint density at radius 1 is 1.30 bits per heavy atom. The zero-order valence-electron chi connectivity index (χ0n) is 12.2. The van der Waals surface area contributed by atoms with Crippen molar-refractivity contribution in [3.05, 3.63) is 28.3 Å². The van der Waals surface area contributed by atoms with Gasteiger partial charge < -0.3 is 14.8 Å². The van der Waals surface area contributed by atoms with E-state index < -0.39 is 0 Å². The number of fused-ring (bicyclic) bond motifs is 1. The van der Waals surface area contributed by atoms with Crippen molar-refractivity contribution in [3.8, 4) is 11.5 Å². The lowest BCUT2D eigenvalue weighted by Crippen LogP contribution is -2.17. The van der Waals surface area contributed by atoms with Gasteiger partial charge in [0.25, 0.3) is 0 Å². The first-order valence-corrected chi connectivity index (χ1v) is 7.61. The molecule has 0 spiro atoms. The molecule has 0 saturated carbocycles. The van der Waals surface area contributed by atoms with Crippen LogP contribution in [0.3, 0.4) is 0 Å². The Balaban J connectivity index is 2.16. The second kappa shape index (κ2) is 7.55. The van der Waals surface area contributed by atoms with E-state index in [-0.39, 0.29) is 0 Å². The number of hydrogen-bond donors (Lipinski definition) is 1. The maximum atomic E-state index is 6.25. The third-order valence-corrected chi connectivity index (χ3v) is 3.50. The summed E-state index contributed by atoms with van der Waals surface area (Å²) < 4.78 is 11.1. The fourth-order valence-electron chi connectivity index (χ4n) is 2.15. The molecule has 0 bridgehead atoms. The van der Waals surface area contributed by atoms with Gasteiger partial charge in [-0.1, -0.05) is 37.1 Å². The Labute approximate surface area is 125 Å². The Morgan fingerprint density at radius 2 is 2.10 bits per heavy atom. The summed E-state index contributed by atoms with van der Waals surface area (Å²) in [6.45, 7) is 7.43. The lowest BCUT2D eigenvalue weighted by Gasteiger charge is -2.20. The highest BCUT2D eigenvalue weighted by atomic mass is 35.5. The smallest absolute Gasteiger partial charge is 0.179 e. The monoisotopic (exact) mass is 295 g/mol. The Kier molecular flexibility index (Phi) is 5.74. The fraction of sp³-hybridized carbons (Fsp3) is 0.500. The van der Waals surface area contributed by atoms with Crippen molar-refractivity contribution < 1.29 is 9.47 Å². The summed E-state index contributed by atoms with van der Waals surface area (Å²) in [6, 6.07) is 3.93. The van der Waals surface area contributed by atoms with Crippen molar-refractivity contribution in [2.24, 2.45) is 0 Å². The van der Waals surface area contributed by atoms with Crippen LogP contribution < -0.4 is 14.8 Å². The van der Waals surface area contributed by atoms with Gasteiger partial charge in [0.1, 0.15) is 13.2 Å². The van der Waals surface area contributed by atoms with Gasteiger partial charge in [0.05, 0.1) is 5.02 Å². The molecule has 0 unspecified atom stereocenters. The van der Waals surface area contributed by atoms with E-state index in [0.717, 1.165) is 37.2 Å². The molecule has 1 heterocycles. The van der Waals surface area contributed by atoms with Gasteiger partial charge in [0, 0.05) is 6.54 Å². The van der Waals surface area contributed by atoms with Crippen LogP contribution in [0.1, 0.15) is 32.3 Å². The van der Waals surface area contributed by atoms with E-state index >= 15 is 0 Å². The van der Waals surface area contributed by atoms with Crippen molar-refractivity contribution >= 4 is 17.7 Å². The van der Waals surface area contributed by atoms with Gasteiger partial charge in [-0.15, -0.1) is 0 Å². The van der Waals surface area contributed by atoms with E-state index in [2.05, 4.69) is 25.2 Å². The van der Waals surface area contributed by atoms with Crippen molar-refractivity contribution in [2.45, 2.75) is 26.7 Å². The predicted octanol–water partition coefficient (Wildman–Crippen LogP) is 3.90. The number of halogens is 1. The molecule has 0 saturated heterocycles. The normalized spacial score (nSPS) is 14.4. The van der Waals surface area contributed by atoms with Gasteiger partial charge in [-0.3, -0.25) is 0 Å². The highest BCUT2D eigenvalue weighted by molar-refractivity contribution is 6.32. The molecule has 1 aromatic rings. The first-order chi connectivity index (χ1) is 9.74. The highest BCUT2D eigenvalue weighted by Crippen LogP contribution is 2.38. The zero-order chi connectivity index (χ0) is 14.4. The van der Waals surface area contributed by atoms with E-state index in [4.69, 9.17) is 21.1 Å². The van der Waals surface area contributed by atoms with Crippen molar-refractivity contribution in [1.82, 2.24) is 5.32 Å². The Morgan fingerprint density at radius 3 is 2.85 bits per heavy atom. The minimum atomic E-state index is 0.559. The second-order valence-corrected chi connectivity index (χ2v) is 5.27. The predicted molar refractivity (Wildman–Crippen MR) is 83.9 cm³/mol. The second-order valence-electron chi connectivity index (χ2n) is 4.86. The number of hydrogen-bond acceptors (Lipinski definition) is 3. The molecule has 0 aromatic heterocycles. The van der Waals surface area contributed by atoms with Gasteiger partial charge in [0.15, 0.2) is 11.5 Å². The maximum absolute atomic E-state index is 6.25. The molecule has 4 heteroatoms. The lowest BCUT2D eigenvalue weighted by molar-refractivity contribution is 0.171. The minimum absolute atomic E-state index is 0.559. The van der Waals surface area contributed by atoms with Gasteiger partial charge in [0.2, 0.25) is 0 Å². The fourth-order valence-corrected chi connectivity index (χ4v) is 2.43. The largest absolute Gasteiger partial charge is 0.486 e. The first-order valence-electron chi connectivity index (χ1n) is 7.24. The molecule has 1 aliphatic rings. The zero-order valence-corrected chi connectivity index (χ0v) is 12.9. The van der Waals surface area contributed by atoms with Crippen LogP contribution >= 0.6 is 11.6 Å². The molecular formula is C16H22ClNO2. The highest BCUT2D eigenvalue weighted by Gasteiger charge is 2.16. The molecule has 0 aliphatic carbocycles. The van der Waals surface area contributed by atoms with E-state index in [9.17, 15) is 0 Å². The van der Waals surface area contributed by atoms with Crippen LogP contribution in [0.15, 0.2) is 17.7 Å². The molecule has 20 heavy (non-hydrogen) atoms. The summed E-state index contributed by atoms with van der Waals surface area (Å²) in [5.41, 5.74) is 2.42. The van der Waals surface area contributed by atoms with Gasteiger partial charge in [-0.05, 0) is 37.1 Å². The molecular weight excluding hydrogens is 274 g/mol. The number of benzene rings is 1. The summed E-state index contributed by atoms with van der Waals surface area (Å²) in [6.07, 6.45) is 4.34. The average Bonchev–Trinajstić information content (AvgIpc) is 2.46. The standard InChI is InChI=1S/C16H22ClNO2/c1-3-5-18-11-12(4-2)8-13-9-14(17)16-15(10-13)19-6-7-20-16/h8-10,18H,3-7,11H2,1-2H3. The van der Waals surface area contributed by atoms with Crippen LogP contribution in [0, 0.1) is 0 Å². The summed E-state index contributed by atoms with van der Waals surface area (Å²) in [5.74, 6) is 1.41. The SMILES string of the molecule is CCCNCC(=Cc1cc(Cl)c2c(c1)OCCO2)CC. The quantitative estimate of drug-likeness (QED) is 0.807. The van der Waals surface area contributed by atoms with Crippen LogP contribution in [0.5, 0.6) is 11.5 Å². The summed E-state index contributed by atoms with van der Waals surface area (Å²) in [4.78, 5) is 0. The van der Waals surface area contributed by atoms with Crippen LogP contribution in [-0.2, 0) is 0 Å². The molecule has 0 amide bonds. The Bertz CT molecular complexity index is 486. The molecule has 110 valence electrons. The van der Waals surface area contributed by atoms with Gasteiger partial charge in [-0.2, -0.15) is 0 Å². The van der Waals surface area contributed by atoms with Crippen LogP contribution in [-0.4, -0.2) is 26.3 Å². The number of ether oxygens (including phenoxy) is 2. The number of nitrogens with one attached hydrogen (secondary N) is 1. The Hall–Kier alpha value is -1.19. The third kappa shape index (κ3) is 3.90. The summed E-state index contributed by atoms with van der Waals surface area (Å²) in [7, 11) is 0. The molecule has 3 nitrogen and oxygen atoms in total. The molecule has 0 radical (unpaired) electrons. The van der Waals surface area contributed by atoms with E-state index in [0.29, 0.717) is 24.0 Å². The van der Waals surface area contributed by atoms with Crippen LogP contribution in [0.2, 0.25) is 5.02 Å². The molecule has 0 fully saturated rings. The molecule has 0 atom stereocenters. The molecule has 2 rings (SSSR count). The molecule has 1 N–H and O–H groups in total. The van der Waals surface area contributed by atoms with Crippen molar-refractivity contribution in [2.75, 3.05) is 26.3 Å². The maximum Gasteiger partial charge on any atom is 0.179 e. The summed E-state index contributed by atoms with van der Waals surface area (Å²) in [5, 5.41) is 4.04. The first kappa shape index (κ1) is 15.2. The van der Waals surface area contributed by atoms with E-state index in [1.165, 1.54) is 5.57 Å². The van der Waals surface area contributed by atoms with Crippen LogP contribution in [0.25, 0.3) is 6.08 Å². The topological polar surface area (TPSA) is 30.5 Å². The van der Waals surface area contributed by atoms with Crippen molar-refractivity contribution in [1.29, 1.82) is 0 Å². The summed E-state index contributed by atoms with van der Waals surface area (Å²) >= 11 is 6.25. The van der Waals surface area contributed by atoms with Gasteiger partial charge >= 0.3 is 0 Å². The number of rotatable bonds is 6. The lowest BCUT2D eigenvalue weighted by atomic mass is 10.1. The van der Waals surface area contributed by atoms with E-state index in [1.54, 1.807) is 0 Å². The molecule has 1 aromatic carbocycles. The van der Waals surface area contributed by atoms with Crippen LogP contribution in [0.4, 0.5) is 0 Å².